The molecule has 0 aliphatic heterocycles. The normalized spacial score (nSPS) is 11.2. The monoisotopic (exact) mass is 287 g/mol. The van der Waals surface area contributed by atoms with E-state index in [1.165, 1.54) is 21.7 Å². The Morgan fingerprint density at radius 2 is 2.05 bits per heavy atom. The molecule has 0 spiro atoms. The second-order valence-corrected chi connectivity index (χ2v) is 6.12. The topological polar surface area (TPSA) is 55.6 Å². The number of fused-ring (bicyclic) bond motifs is 1. The van der Waals surface area contributed by atoms with E-state index in [-0.39, 0.29) is 0 Å². The first kappa shape index (κ1) is 13.1. The zero-order chi connectivity index (χ0) is 14.3. The highest BCUT2D eigenvalue weighted by Crippen LogP contribution is 2.32. The van der Waals surface area contributed by atoms with Crippen molar-refractivity contribution in [3.63, 3.8) is 0 Å². The smallest absolute Gasteiger partial charge is 0.138 e. The van der Waals surface area contributed by atoms with Crippen molar-refractivity contribution in [1.29, 1.82) is 0 Å². The van der Waals surface area contributed by atoms with Crippen LogP contribution in [-0.4, -0.2) is 19.7 Å². The quantitative estimate of drug-likeness (QED) is 0.804. The maximum Gasteiger partial charge on any atom is 0.138 e. The minimum atomic E-state index is 0.722. The number of thiophene rings is 1. The Kier molecular flexibility index (Phi) is 3.17. The van der Waals surface area contributed by atoms with Crippen LogP contribution in [0.2, 0.25) is 0 Å². The predicted molar refractivity (Wildman–Crippen MR) is 82.2 cm³/mol. The van der Waals surface area contributed by atoms with E-state index >= 15 is 0 Å². The Hall–Kier alpha value is -1.95. The number of nitrogens with one attached hydrogen (secondary N) is 1. The highest BCUT2D eigenvalue weighted by molar-refractivity contribution is 7.18. The zero-order valence-corrected chi connectivity index (χ0v) is 12.9. The Labute approximate surface area is 121 Å². The van der Waals surface area contributed by atoms with Gasteiger partial charge in [0.1, 0.15) is 17.0 Å². The summed E-state index contributed by atoms with van der Waals surface area (Å²) in [6, 6.07) is 0. The summed E-state index contributed by atoms with van der Waals surface area (Å²) in [5.74, 6) is 0.903. The van der Waals surface area contributed by atoms with E-state index in [1.54, 1.807) is 17.7 Å². The molecule has 0 saturated carbocycles. The van der Waals surface area contributed by atoms with Gasteiger partial charge in [-0.05, 0) is 26.3 Å². The van der Waals surface area contributed by atoms with Gasteiger partial charge in [0.15, 0.2) is 0 Å². The molecule has 0 fully saturated rings. The second-order valence-electron chi connectivity index (χ2n) is 4.92. The van der Waals surface area contributed by atoms with E-state index in [0.717, 1.165) is 22.6 Å². The van der Waals surface area contributed by atoms with Crippen molar-refractivity contribution >= 4 is 27.4 Å². The fraction of sp³-hybridized carbons (Fsp3) is 0.357. The highest BCUT2D eigenvalue weighted by Gasteiger charge is 2.12. The van der Waals surface area contributed by atoms with E-state index < -0.39 is 0 Å². The Morgan fingerprint density at radius 3 is 2.75 bits per heavy atom. The average Bonchev–Trinajstić information content (AvgIpc) is 2.90. The molecule has 0 amide bonds. The van der Waals surface area contributed by atoms with Crippen molar-refractivity contribution in [1.82, 2.24) is 19.7 Å². The van der Waals surface area contributed by atoms with Gasteiger partial charge in [-0.1, -0.05) is 0 Å². The Morgan fingerprint density at radius 1 is 1.25 bits per heavy atom. The van der Waals surface area contributed by atoms with Gasteiger partial charge >= 0.3 is 0 Å². The van der Waals surface area contributed by atoms with Gasteiger partial charge < -0.3 is 5.32 Å². The van der Waals surface area contributed by atoms with Gasteiger partial charge in [0.05, 0.1) is 11.6 Å². The third-order valence-corrected chi connectivity index (χ3v) is 4.86. The number of anilines is 1. The summed E-state index contributed by atoms with van der Waals surface area (Å²) in [6.45, 7) is 7.04. The van der Waals surface area contributed by atoms with Crippen molar-refractivity contribution < 1.29 is 0 Å². The molecule has 3 aromatic rings. The summed E-state index contributed by atoms with van der Waals surface area (Å²) in [5.41, 5.74) is 3.61. The lowest BCUT2D eigenvalue weighted by Gasteiger charge is -2.07. The van der Waals surface area contributed by atoms with Crippen LogP contribution < -0.4 is 5.32 Å². The molecule has 5 nitrogen and oxygen atoms in total. The van der Waals surface area contributed by atoms with Crippen molar-refractivity contribution in [3.05, 3.63) is 34.2 Å². The fourth-order valence-electron chi connectivity index (χ4n) is 2.21. The van der Waals surface area contributed by atoms with Crippen molar-refractivity contribution in [2.24, 2.45) is 7.05 Å². The van der Waals surface area contributed by atoms with Crippen LogP contribution in [0.1, 0.15) is 21.7 Å². The summed E-state index contributed by atoms with van der Waals surface area (Å²) in [6.07, 6.45) is 3.52. The lowest BCUT2D eigenvalue weighted by atomic mass is 10.2. The summed E-state index contributed by atoms with van der Waals surface area (Å²) >= 11 is 1.71. The maximum atomic E-state index is 4.39. The molecule has 104 valence electrons. The fourth-order valence-corrected chi connectivity index (χ4v) is 3.21. The van der Waals surface area contributed by atoms with Gasteiger partial charge in [0, 0.05) is 29.7 Å². The van der Waals surface area contributed by atoms with Crippen LogP contribution >= 0.6 is 11.3 Å². The molecule has 0 bridgehead atoms. The number of hydrogen-bond acceptors (Lipinski definition) is 5. The summed E-state index contributed by atoms with van der Waals surface area (Å²) in [7, 11) is 1.95. The standard InChI is InChI=1S/C14H17N5S/c1-8-10(3)20-14-12(8)13(16-7-17-14)15-5-11-6-18-19(4)9(11)2/h6-7H,5H2,1-4H3,(H,15,16,17). The first-order valence-corrected chi connectivity index (χ1v) is 7.31. The van der Waals surface area contributed by atoms with Gasteiger partial charge in [-0.25, -0.2) is 9.97 Å². The largest absolute Gasteiger partial charge is 0.365 e. The number of nitrogens with zero attached hydrogens (tertiary/aromatic N) is 4. The number of rotatable bonds is 3. The molecule has 3 heterocycles. The first-order chi connectivity index (χ1) is 9.58. The SMILES string of the molecule is Cc1sc2ncnc(NCc3cnn(C)c3C)c2c1C. The zero-order valence-electron chi connectivity index (χ0n) is 12.1. The first-order valence-electron chi connectivity index (χ1n) is 6.50. The van der Waals surface area contributed by atoms with Crippen molar-refractivity contribution in [2.45, 2.75) is 27.3 Å². The van der Waals surface area contributed by atoms with Crippen LogP contribution in [0, 0.1) is 20.8 Å². The molecular weight excluding hydrogens is 270 g/mol. The molecule has 0 radical (unpaired) electrons. The molecule has 1 N–H and O–H groups in total. The second kappa shape index (κ2) is 4.86. The number of aryl methyl sites for hydroxylation is 3. The molecule has 6 heteroatoms. The van der Waals surface area contributed by atoms with Gasteiger partial charge in [-0.3, -0.25) is 4.68 Å². The molecule has 20 heavy (non-hydrogen) atoms. The Bertz CT molecular complexity index is 771. The van der Waals surface area contributed by atoms with Crippen LogP contribution in [0.25, 0.3) is 10.2 Å². The Balaban J connectivity index is 1.93. The third-order valence-electron chi connectivity index (χ3n) is 3.75. The van der Waals surface area contributed by atoms with Gasteiger partial charge in [-0.2, -0.15) is 5.10 Å². The van der Waals surface area contributed by atoms with E-state index in [1.807, 2.05) is 17.9 Å². The lowest BCUT2D eigenvalue weighted by molar-refractivity contribution is 0.738. The van der Waals surface area contributed by atoms with Crippen molar-refractivity contribution in [2.75, 3.05) is 5.32 Å². The van der Waals surface area contributed by atoms with Crippen LogP contribution in [0.3, 0.4) is 0 Å². The third kappa shape index (κ3) is 2.06. The summed E-state index contributed by atoms with van der Waals surface area (Å²) < 4.78 is 1.88. The molecule has 0 unspecified atom stereocenters. The highest BCUT2D eigenvalue weighted by atomic mass is 32.1. The van der Waals surface area contributed by atoms with Crippen LogP contribution in [-0.2, 0) is 13.6 Å². The molecular formula is C14H17N5S. The molecule has 3 aromatic heterocycles. The molecule has 0 saturated heterocycles. The average molecular weight is 287 g/mol. The summed E-state index contributed by atoms with van der Waals surface area (Å²) in [4.78, 5) is 11.1. The van der Waals surface area contributed by atoms with E-state index in [9.17, 15) is 0 Å². The van der Waals surface area contributed by atoms with Crippen LogP contribution in [0.15, 0.2) is 12.5 Å². The van der Waals surface area contributed by atoms with Gasteiger partial charge in [0.2, 0.25) is 0 Å². The minimum absolute atomic E-state index is 0.722. The van der Waals surface area contributed by atoms with Crippen LogP contribution in [0.5, 0.6) is 0 Å². The van der Waals surface area contributed by atoms with Gasteiger partial charge in [0.25, 0.3) is 0 Å². The predicted octanol–water partition coefficient (Wildman–Crippen LogP) is 2.96. The number of aromatic nitrogens is 4. The molecule has 0 atom stereocenters. The summed E-state index contributed by atoms with van der Waals surface area (Å²) in [5, 5.41) is 8.81. The molecule has 0 aliphatic rings. The maximum absolute atomic E-state index is 4.39. The van der Waals surface area contributed by atoms with Crippen molar-refractivity contribution in [3.8, 4) is 0 Å². The van der Waals surface area contributed by atoms with E-state index in [2.05, 4.69) is 41.2 Å². The molecule has 0 aliphatic carbocycles. The van der Waals surface area contributed by atoms with Crippen LogP contribution in [0.4, 0.5) is 5.82 Å². The lowest BCUT2D eigenvalue weighted by Crippen LogP contribution is -2.03. The number of hydrogen-bond donors (Lipinski definition) is 1. The molecule has 0 aromatic carbocycles. The minimum Gasteiger partial charge on any atom is -0.365 e. The van der Waals surface area contributed by atoms with Gasteiger partial charge in [-0.15, -0.1) is 11.3 Å². The molecule has 3 rings (SSSR count). The van der Waals surface area contributed by atoms with E-state index in [4.69, 9.17) is 0 Å². The van der Waals surface area contributed by atoms with E-state index in [0.29, 0.717) is 0 Å².